The lowest BCUT2D eigenvalue weighted by atomic mass is 10.1. The van der Waals surface area contributed by atoms with E-state index in [2.05, 4.69) is 15.6 Å². The maximum absolute atomic E-state index is 12.7. The molecule has 124 valence electrons. The summed E-state index contributed by atoms with van der Waals surface area (Å²) in [5, 5.41) is 15.0. The van der Waals surface area contributed by atoms with Gasteiger partial charge in [0.1, 0.15) is 17.2 Å². The predicted molar refractivity (Wildman–Crippen MR) is 78.9 cm³/mol. The second kappa shape index (κ2) is 6.72. The van der Waals surface area contributed by atoms with Crippen LogP contribution in [-0.2, 0) is 17.5 Å². The summed E-state index contributed by atoms with van der Waals surface area (Å²) in [6, 6.07) is 4.70. The summed E-state index contributed by atoms with van der Waals surface area (Å²) in [6.45, 7) is 2.31. The van der Waals surface area contributed by atoms with E-state index in [1.54, 1.807) is 0 Å². The van der Waals surface area contributed by atoms with Crippen molar-refractivity contribution in [2.75, 3.05) is 13.1 Å². The zero-order chi connectivity index (χ0) is 17.0. The molecule has 0 atom stereocenters. The molecule has 1 aliphatic heterocycles. The van der Waals surface area contributed by atoms with Gasteiger partial charge in [-0.15, -0.1) is 0 Å². The van der Waals surface area contributed by atoms with Gasteiger partial charge in [0.25, 0.3) is 5.91 Å². The minimum Gasteiger partial charge on any atom is -0.512 e. The van der Waals surface area contributed by atoms with Gasteiger partial charge in [0.2, 0.25) is 0 Å². The van der Waals surface area contributed by atoms with E-state index in [-0.39, 0.29) is 23.7 Å². The average molecular weight is 327 g/mol. The van der Waals surface area contributed by atoms with E-state index in [9.17, 15) is 23.1 Å². The number of nitrogens with one attached hydrogen (secondary N) is 2. The van der Waals surface area contributed by atoms with Crippen molar-refractivity contribution in [2.24, 2.45) is 4.99 Å². The van der Waals surface area contributed by atoms with Crippen LogP contribution in [0.3, 0.4) is 0 Å². The number of alkyl halides is 3. The number of amides is 1. The number of amidine groups is 1. The topological polar surface area (TPSA) is 73.7 Å². The van der Waals surface area contributed by atoms with Crippen molar-refractivity contribution < 1.29 is 23.1 Å². The van der Waals surface area contributed by atoms with E-state index >= 15 is 0 Å². The highest BCUT2D eigenvalue weighted by atomic mass is 19.4. The molecule has 1 aliphatic rings. The predicted octanol–water partition coefficient (Wildman–Crippen LogP) is 2.16. The first-order chi connectivity index (χ1) is 10.8. The molecule has 8 heteroatoms. The van der Waals surface area contributed by atoms with Crippen molar-refractivity contribution >= 4 is 11.7 Å². The van der Waals surface area contributed by atoms with E-state index in [0.29, 0.717) is 18.7 Å². The SMILES string of the molecule is C/C(O)=C(/C(=O)NCc1cccc(C(F)(F)F)c1)C1=NCCN1. The summed E-state index contributed by atoms with van der Waals surface area (Å²) in [4.78, 5) is 16.2. The smallest absolute Gasteiger partial charge is 0.416 e. The van der Waals surface area contributed by atoms with Crippen LogP contribution in [-0.4, -0.2) is 29.9 Å². The Morgan fingerprint density at radius 2 is 2.17 bits per heavy atom. The standard InChI is InChI=1S/C15H16F3N3O2/c1-9(22)12(13-19-5-6-20-13)14(23)21-8-10-3-2-4-11(7-10)15(16,17)18/h2-4,7,22H,5-6,8H2,1H3,(H,19,20)(H,21,23)/b12-9-. The zero-order valence-corrected chi connectivity index (χ0v) is 12.4. The number of carbonyl (C=O) groups is 1. The Morgan fingerprint density at radius 3 is 2.74 bits per heavy atom. The van der Waals surface area contributed by atoms with E-state index in [1.807, 2.05) is 0 Å². The molecule has 1 aromatic rings. The molecular formula is C15H16F3N3O2. The van der Waals surface area contributed by atoms with E-state index in [0.717, 1.165) is 12.1 Å². The highest BCUT2D eigenvalue weighted by Gasteiger charge is 2.30. The second-order valence-electron chi connectivity index (χ2n) is 5.00. The van der Waals surface area contributed by atoms with Gasteiger partial charge >= 0.3 is 6.18 Å². The van der Waals surface area contributed by atoms with Crippen LogP contribution in [0.25, 0.3) is 0 Å². The Balaban J connectivity index is 2.08. The molecule has 0 bridgehead atoms. The fraction of sp³-hybridized carbons (Fsp3) is 0.333. The third-order valence-electron chi connectivity index (χ3n) is 3.21. The van der Waals surface area contributed by atoms with Gasteiger partial charge in [0.05, 0.1) is 12.1 Å². The molecule has 2 rings (SSSR count). The summed E-state index contributed by atoms with van der Waals surface area (Å²) in [7, 11) is 0. The Bertz CT molecular complexity index is 662. The molecule has 0 aromatic heterocycles. The molecule has 0 unspecified atom stereocenters. The summed E-state index contributed by atoms with van der Waals surface area (Å²) >= 11 is 0. The number of aliphatic hydroxyl groups is 1. The maximum Gasteiger partial charge on any atom is 0.416 e. The van der Waals surface area contributed by atoms with Gasteiger partial charge in [-0.1, -0.05) is 12.1 Å². The fourth-order valence-electron chi connectivity index (χ4n) is 2.14. The molecule has 1 heterocycles. The zero-order valence-electron chi connectivity index (χ0n) is 12.4. The third kappa shape index (κ3) is 4.24. The normalized spacial score (nSPS) is 15.6. The number of nitrogens with zero attached hydrogens (tertiary/aromatic N) is 1. The van der Waals surface area contributed by atoms with Gasteiger partial charge in [-0.25, -0.2) is 0 Å². The van der Waals surface area contributed by atoms with Gasteiger partial charge < -0.3 is 15.7 Å². The van der Waals surface area contributed by atoms with Gasteiger partial charge in [0.15, 0.2) is 0 Å². The number of aliphatic hydroxyl groups excluding tert-OH is 1. The van der Waals surface area contributed by atoms with Crippen LogP contribution in [0.15, 0.2) is 40.6 Å². The van der Waals surface area contributed by atoms with E-state index in [4.69, 9.17) is 0 Å². The molecule has 0 radical (unpaired) electrons. The first-order valence-electron chi connectivity index (χ1n) is 6.92. The van der Waals surface area contributed by atoms with Crippen LogP contribution >= 0.6 is 0 Å². The van der Waals surface area contributed by atoms with Crippen LogP contribution in [0.5, 0.6) is 0 Å². The minimum atomic E-state index is -4.44. The van der Waals surface area contributed by atoms with Gasteiger partial charge in [-0.05, 0) is 24.6 Å². The van der Waals surface area contributed by atoms with Crippen molar-refractivity contribution in [3.63, 3.8) is 0 Å². The molecule has 23 heavy (non-hydrogen) atoms. The molecule has 1 amide bonds. The Morgan fingerprint density at radius 1 is 1.43 bits per heavy atom. The molecule has 0 fully saturated rings. The fourth-order valence-corrected chi connectivity index (χ4v) is 2.14. The highest BCUT2D eigenvalue weighted by Crippen LogP contribution is 2.29. The molecule has 0 saturated heterocycles. The number of hydrogen-bond donors (Lipinski definition) is 3. The van der Waals surface area contributed by atoms with E-state index < -0.39 is 17.6 Å². The molecule has 0 spiro atoms. The van der Waals surface area contributed by atoms with Crippen molar-refractivity contribution in [3.8, 4) is 0 Å². The monoisotopic (exact) mass is 327 g/mol. The van der Waals surface area contributed by atoms with Gasteiger partial charge in [0, 0.05) is 13.1 Å². The lowest BCUT2D eigenvalue weighted by Crippen LogP contribution is -2.33. The number of benzene rings is 1. The van der Waals surface area contributed by atoms with Crippen molar-refractivity contribution in [1.29, 1.82) is 0 Å². The van der Waals surface area contributed by atoms with Crippen LogP contribution in [0, 0.1) is 0 Å². The van der Waals surface area contributed by atoms with E-state index in [1.165, 1.54) is 19.1 Å². The number of aliphatic imine (C=N–C) groups is 1. The average Bonchev–Trinajstić information content (AvgIpc) is 2.98. The van der Waals surface area contributed by atoms with Crippen LogP contribution in [0.4, 0.5) is 13.2 Å². The number of hydrogen-bond acceptors (Lipinski definition) is 4. The Hall–Kier alpha value is -2.51. The summed E-state index contributed by atoms with van der Waals surface area (Å²) < 4.78 is 38.0. The third-order valence-corrected chi connectivity index (χ3v) is 3.21. The quantitative estimate of drug-likeness (QED) is 0.586. The van der Waals surface area contributed by atoms with Gasteiger partial charge in [-0.3, -0.25) is 9.79 Å². The lowest BCUT2D eigenvalue weighted by Gasteiger charge is -2.12. The molecule has 1 aromatic carbocycles. The number of halogens is 3. The molecule has 3 N–H and O–H groups in total. The van der Waals surface area contributed by atoms with Crippen LogP contribution < -0.4 is 10.6 Å². The largest absolute Gasteiger partial charge is 0.512 e. The maximum atomic E-state index is 12.7. The number of rotatable bonds is 4. The van der Waals surface area contributed by atoms with Crippen molar-refractivity contribution in [2.45, 2.75) is 19.6 Å². The first-order valence-corrected chi connectivity index (χ1v) is 6.92. The highest BCUT2D eigenvalue weighted by molar-refractivity contribution is 6.21. The Labute approximate surface area is 130 Å². The lowest BCUT2D eigenvalue weighted by molar-refractivity contribution is -0.137. The van der Waals surface area contributed by atoms with Crippen LogP contribution in [0.1, 0.15) is 18.1 Å². The van der Waals surface area contributed by atoms with Crippen molar-refractivity contribution in [3.05, 3.63) is 46.7 Å². The molecule has 0 aliphatic carbocycles. The number of allylic oxidation sites excluding steroid dienone is 1. The second-order valence-corrected chi connectivity index (χ2v) is 5.00. The number of carbonyl (C=O) groups excluding carboxylic acids is 1. The molecular weight excluding hydrogens is 311 g/mol. The van der Waals surface area contributed by atoms with Gasteiger partial charge in [-0.2, -0.15) is 13.2 Å². The first kappa shape index (κ1) is 16.9. The van der Waals surface area contributed by atoms with Crippen LogP contribution in [0.2, 0.25) is 0 Å². The molecule has 0 saturated carbocycles. The Kier molecular flexibility index (Phi) is 4.92. The minimum absolute atomic E-state index is 0.00511. The summed E-state index contributed by atoms with van der Waals surface area (Å²) in [6.07, 6.45) is -4.44. The summed E-state index contributed by atoms with van der Waals surface area (Å²) in [5.41, 5.74) is -0.473. The summed E-state index contributed by atoms with van der Waals surface area (Å²) in [5.74, 6) is -0.526. The molecule has 5 nitrogen and oxygen atoms in total. The van der Waals surface area contributed by atoms with Crippen molar-refractivity contribution in [1.82, 2.24) is 10.6 Å².